The Kier molecular flexibility index (Phi) is 7.36. The molecule has 6 heteroatoms. The molecule has 1 saturated carbocycles. The summed E-state index contributed by atoms with van der Waals surface area (Å²) < 4.78 is 5.08. The van der Waals surface area contributed by atoms with Crippen LogP contribution in [0.3, 0.4) is 0 Å². The Morgan fingerprint density at radius 1 is 1.30 bits per heavy atom. The number of carbonyl (C=O) groups is 2. The van der Waals surface area contributed by atoms with E-state index in [1.165, 1.54) is 0 Å². The van der Waals surface area contributed by atoms with Crippen molar-refractivity contribution in [1.82, 2.24) is 10.6 Å². The maximum Gasteiger partial charge on any atom is 0.315 e. The van der Waals surface area contributed by atoms with Gasteiger partial charge in [0.1, 0.15) is 0 Å². The molecule has 1 fully saturated rings. The average Bonchev–Trinajstić information content (AvgIpc) is 2.39. The Morgan fingerprint density at radius 2 is 1.95 bits per heavy atom. The molecule has 0 bridgehead atoms. The van der Waals surface area contributed by atoms with E-state index in [2.05, 4.69) is 17.6 Å². The van der Waals surface area contributed by atoms with Crippen LogP contribution < -0.4 is 10.6 Å². The number of carboxylic acids is 1. The summed E-state index contributed by atoms with van der Waals surface area (Å²) in [6.07, 6.45) is 4.60. The first kappa shape index (κ1) is 16.8. The molecule has 1 unspecified atom stereocenters. The summed E-state index contributed by atoms with van der Waals surface area (Å²) in [5, 5.41) is 14.8. The third kappa shape index (κ3) is 5.77. The lowest BCUT2D eigenvalue weighted by Gasteiger charge is -2.27. The Balaban J connectivity index is 2.30. The van der Waals surface area contributed by atoms with E-state index < -0.39 is 5.97 Å². The summed E-state index contributed by atoms with van der Waals surface area (Å²) >= 11 is 0. The number of amides is 2. The zero-order valence-electron chi connectivity index (χ0n) is 12.4. The number of aliphatic carboxylic acids is 1. The minimum Gasteiger partial charge on any atom is -0.481 e. The van der Waals surface area contributed by atoms with Gasteiger partial charge in [0.2, 0.25) is 0 Å². The molecular weight excluding hydrogens is 260 g/mol. The van der Waals surface area contributed by atoms with E-state index in [4.69, 9.17) is 9.84 Å². The van der Waals surface area contributed by atoms with Crippen LogP contribution in [0.4, 0.5) is 4.79 Å². The zero-order chi connectivity index (χ0) is 15.0. The molecule has 1 rings (SSSR count). The molecule has 2 amide bonds. The van der Waals surface area contributed by atoms with Crippen LogP contribution in [0, 0.1) is 5.92 Å². The summed E-state index contributed by atoms with van der Waals surface area (Å²) in [4.78, 5) is 22.8. The first-order valence-corrected chi connectivity index (χ1v) is 7.35. The van der Waals surface area contributed by atoms with Crippen molar-refractivity contribution in [3.8, 4) is 0 Å². The lowest BCUT2D eigenvalue weighted by Crippen LogP contribution is -2.48. The molecule has 1 atom stereocenters. The normalized spacial score (nSPS) is 23.9. The number of urea groups is 1. The summed E-state index contributed by atoms with van der Waals surface area (Å²) in [6.45, 7) is 2.57. The highest BCUT2D eigenvalue weighted by Crippen LogP contribution is 2.24. The largest absolute Gasteiger partial charge is 0.481 e. The van der Waals surface area contributed by atoms with E-state index in [1.54, 1.807) is 7.11 Å². The van der Waals surface area contributed by atoms with E-state index >= 15 is 0 Å². The highest BCUT2D eigenvalue weighted by Gasteiger charge is 2.26. The number of hydrogen-bond acceptors (Lipinski definition) is 3. The van der Waals surface area contributed by atoms with Crippen LogP contribution >= 0.6 is 0 Å². The number of methoxy groups -OCH3 is 1. The van der Waals surface area contributed by atoms with Gasteiger partial charge in [0.05, 0.1) is 18.6 Å². The van der Waals surface area contributed by atoms with Crippen molar-refractivity contribution in [2.24, 2.45) is 5.92 Å². The van der Waals surface area contributed by atoms with Gasteiger partial charge in [-0.05, 0) is 32.1 Å². The lowest BCUT2D eigenvalue weighted by atomic mass is 9.86. The van der Waals surface area contributed by atoms with Crippen LogP contribution in [0.1, 0.15) is 45.4 Å². The second-order valence-electron chi connectivity index (χ2n) is 5.45. The SMILES string of the molecule is CCCC(COC)NC(=O)NC1CCC(C(=O)O)CC1. The van der Waals surface area contributed by atoms with Crippen LogP contribution in [0.15, 0.2) is 0 Å². The molecule has 0 saturated heterocycles. The maximum atomic E-state index is 11.9. The van der Waals surface area contributed by atoms with Gasteiger partial charge in [-0.25, -0.2) is 4.79 Å². The van der Waals surface area contributed by atoms with Gasteiger partial charge >= 0.3 is 12.0 Å². The molecule has 116 valence electrons. The van der Waals surface area contributed by atoms with Gasteiger partial charge in [-0.1, -0.05) is 13.3 Å². The van der Waals surface area contributed by atoms with Crippen molar-refractivity contribution in [3.05, 3.63) is 0 Å². The third-order valence-electron chi connectivity index (χ3n) is 3.75. The average molecular weight is 286 g/mol. The number of nitrogens with one attached hydrogen (secondary N) is 2. The first-order chi connectivity index (χ1) is 9.56. The van der Waals surface area contributed by atoms with Crippen molar-refractivity contribution in [3.63, 3.8) is 0 Å². The van der Waals surface area contributed by atoms with Crippen LogP contribution in [0.5, 0.6) is 0 Å². The van der Waals surface area contributed by atoms with Crippen LogP contribution in [0.25, 0.3) is 0 Å². The zero-order valence-corrected chi connectivity index (χ0v) is 12.4. The number of hydrogen-bond donors (Lipinski definition) is 3. The predicted molar refractivity (Wildman–Crippen MR) is 75.6 cm³/mol. The van der Waals surface area contributed by atoms with E-state index in [0.29, 0.717) is 19.4 Å². The Hall–Kier alpha value is -1.30. The van der Waals surface area contributed by atoms with Crippen molar-refractivity contribution in [1.29, 1.82) is 0 Å². The second-order valence-corrected chi connectivity index (χ2v) is 5.45. The summed E-state index contributed by atoms with van der Waals surface area (Å²) in [7, 11) is 1.62. The molecule has 1 aliphatic carbocycles. The minimum atomic E-state index is -0.726. The molecule has 0 heterocycles. The highest BCUT2D eigenvalue weighted by atomic mass is 16.5. The van der Waals surface area contributed by atoms with Gasteiger partial charge in [0.15, 0.2) is 0 Å². The molecule has 0 radical (unpaired) electrons. The quantitative estimate of drug-likeness (QED) is 0.665. The summed E-state index contributed by atoms with van der Waals surface area (Å²) in [6, 6.07) is -0.0740. The van der Waals surface area contributed by atoms with Gasteiger partial charge in [-0.2, -0.15) is 0 Å². The third-order valence-corrected chi connectivity index (χ3v) is 3.75. The van der Waals surface area contributed by atoms with Gasteiger partial charge in [0.25, 0.3) is 0 Å². The fraction of sp³-hybridized carbons (Fsp3) is 0.857. The van der Waals surface area contributed by atoms with Crippen molar-refractivity contribution >= 4 is 12.0 Å². The Labute approximate surface area is 120 Å². The smallest absolute Gasteiger partial charge is 0.315 e. The lowest BCUT2D eigenvalue weighted by molar-refractivity contribution is -0.142. The molecule has 20 heavy (non-hydrogen) atoms. The fourth-order valence-electron chi connectivity index (χ4n) is 2.64. The molecule has 0 aliphatic heterocycles. The van der Waals surface area contributed by atoms with Crippen LogP contribution in [-0.4, -0.2) is 42.9 Å². The van der Waals surface area contributed by atoms with E-state index in [0.717, 1.165) is 25.7 Å². The van der Waals surface area contributed by atoms with Gasteiger partial charge in [-0.3, -0.25) is 4.79 Å². The molecule has 0 spiro atoms. The maximum absolute atomic E-state index is 11.9. The number of ether oxygens (including phenoxy) is 1. The topological polar surface area (TPSA) is 87.7 Å². The number of rotatable bonds is 7. The predicted octanol–water partition coefficient (Wildman–Crippen LogP) is 1.74. The highest BCUT2D eigenvalue weighted by molar-refractivity contribution is 5.74. The van der Waals surface area contributed by atoms with E-state index in [-0.39, 0.29) is 24.0 Å². The van der Waals surface area contributed by atoms with E-state index in [9.17, 15) is 9.59 Å². The molecule has 6 nitrogen and oxygen atoms in total. The number of carbonyl (C=O) groups excluding carboxylic acids is 1. The first-order valence-electron chi connectivity index (χ1n) is 7.35. The van der Waals surface area contributed by atoms with Crippen molar-refractivity contribution in [2.45, 2.75) is 57.5 Å². The van der Waals surface area contributed by atoms with E-state index in [1.807, 2.05) is 0 Å². The van der Waals surface area contributed by atoms with Gasteiger partial charge in [0, 0.05) is 13.2 Å². The molecule has 0 aromatic carbocycles. The second kappa shape index (κ2) is 8.79. The monoisotopic (exact) mass is 286 g/mol. The van der Waals surface area contributed by atoms with Gasteiger partial charge in [-0.15, -0.1) is 0 Å². The number of carboxylic acid groups (broad SMARTS) is 1. The van der Waals surface area contributed by atoms with Crippen LogP contribution in [0.2, 0.25) is 0 Å². The Morgan fingerprint density at radius 3 is 2.45 bits per heavy atom. The summed E-state index contributed by atoms with van der Waals surface area (Å²) in [5.74, 6) is -0.978. The molecule has 1 aliphatic rings. The molecule has 0 aromatic rings. The van der Waals surface area contributed by atoms with Crippen molar-refractivity contribution < 1.29 is 19.4 Å². The Bertz CT molecular complexity index is 308. The molecule has 0 aromatic heterocycles. The fourth-order valence-corrected chi connectivity index (χ4v) is 2.64. The van der Waals surface area contributed by atoms with Gasteiger partial charge < -0.3 is 20.5 Å². The summed E-state index contributed by atoms with van der Waals surface area (Å²) in [5.41, 5.74) is 0. The van der Waals surface area contributed by atoms with Crippen LogP contribution in [-0.2, 0) is 9.53 Å². The standard InChI is InChI=1S/C14H26N2O4/c1-3-4-12(9-20-2)16-14(19)15-11-7-5-10(6-8-11)13(17)18/h10-12H,3-9H2,1-2H3,(H,17,18)(H2,15,16,19). The molecular formula is C14H26N2O4. The van der Waals surface area contributed by atoms with Crippen molar-refractivity contribution in [2.75, 3.05) is 13.7 Å². The molecule has 3 N–H and O–H groups in total. The minimum absolute atomic E-state index is 0.0281.